The summed E-state index contributed by atoms with van der Waals surface area (Å²) < 4.78 is 10.5. The number of carbonyl (C=O) groups excluding carboxylic acids is 1. The van der Waals surface area contributed by atoms with E-state index in [1.165, 1.54) is 6.20 Å². The first-order valence-electron chi connectivity index (χ1n) is 7.93. The molecule has 1 aromatic carbocycles. The van der Waals surface area contributed by atoms with Gasteiger partial charge < -0.3 is 14.8 Å². The first-order valence-corrected chi connectivity index (χ1v) is 7.93. The third kappa shape index (κ3) is 4.92. The molecule has 0 bridgehead atoms. The molecule has 2 aromatic rings. The fourth-order valence-electron chi connectivity index (χ4n) is 2.38. The van der Waals surface area contributed by atoms with Crippen molar-refractivity contribution in [2.75, 3.05) is 23.8 Å². The summed E-state index contributed by atoms with van der Waals surface area (Å²) in [5.74, 6) is 1.04. The molecular formula is C17H20N4O3. The molecule has 0 aliphatic carbocycles. The summed E-state index contributed by atoms with van der Waals surface area (Å²) in [6.07, 6.45) is 4.45. The van der Waals surface area contributed by atoms with Crippen molar-refractivity contribution in [3.63, 3.8) is 0 Å². The van der Waals surface area contributed by atoms with Crippen LogP contribution in [0.1, 0.15) is 18.4 Å². The highest BCUT2D eigenvalue weighted by Gasteiger charge is 2.14. The zero-order valence-corrected chi connectivity index (χ0v) is 13.3. The molecule has 1 aromatic heterocycles. The van der Waals surface area contributed by atoms with Crippen LogP contribution in [0.2, 0.25) is 0 Å². The van der Waals surface area contributed by atoms with Crippen LogP contribution in [0.4, 0.5) is 16.4 Å². The van der Waals surface area contributed by atoms with Crippen LogP contribution < -0.4 is 10.6 Å². The van der Waals surface area contributed by atoms with Crippen LogP contribution in [0.15, 0.2) is 42.7 Å². The van der Waals surface area contributed by atoms with Crippen molar-refractivity contribution >= 4 is 17.7 Å². The Labute approximate surface area is 140 Å². The highest BCUT2D eigenvalue weighted by Crippen LogP contribution is 2.13. The lowest BCUT2D eigenvalue weighted by atomic mass is 10.1. The Balaban J connectivity index is 1.45. The van der Waals surface area contributed by atoms with Crippen molar-refractivity contribution in [1.29, 1.82) is 0 Å². The lowest BCUT2D eigenvalue weighted by Crippen LogP contribution is -2.28. The number of ether oxygens (including phenoxy) is 2. The summed E-state index contributed by atoms with van der Waals surface area (Å²) in [4.78, 5) is 20.2. The average Bonchev–Trinajstić information content (AvgIpc) is 2.63. The SMILES string of the molecule is O=C(Nc1cnc(NC2CCOCC2)cn1)OCc1ccccc1. The molecule has 1 aliphatic heterocycles. The Morgan fingerprint density at radius 2 is 1.83 bits per heavy atom. The van der Waals surface area contributed by atoms with Gasteiger partial charge in [-0.15, -0.1) is 0 Å². The molecule has 1 saturated heterocycles. The molecule has 0 radical (unpaired) electrons. The summed E-state index contributed by atoms with van der Waals surface area (Å²) >= 11 is 0. The van der Waals surface area contributed by atoms with E-state index in [4.69, 9.17) is 9.47 Å². The van der Waals surface area contributed by atoms with E-state index in [0.29, 0.717) is 17.7 Å². The maximum atomic E-state index is 11.8. The van der Waals surface area contributed by atoms with Gasteiger partial charge in [-0.3, -0.25) is 5.32 Å². The number of nitrogens with zero attached hydrogens (tertiary/aromatic N) is 2. The minimum atomic E-state index is -0.557. The second kappa shape index (κ2) is 8.26. The van der Waals surface area contributed by atoms with Gasteiger partial charge in [0.25, 0.3) is 0 Å². The van der Waals surface area contributed by atoms with Gasteiger partial charge in [0.1, 0.15) is 12.4 Å². The number of amides is 1. The van der Waals surface area contributed by atoms with Crippen LogP contribution in [0.25, 0.3) is 0 Å². The minimum absolute atomic E-state index is 0.212. The van der Waals surface area contributed by atoms with Gasteiger partial charge in [0.2, 0.25) is 0 Å². The number of anilines is 2. The number of aromatic nitrogens is 2. The first kappa shape index (κ1) is 16.2. The summed E-state index contributed by atoms with van der Waals surface area (Å²) in [6.45, 7) is 1.74. The van der Waals surface area contributed by atoms with Crippen LogP contribution in [-0.4, -0.2) is 35.3 Å². The van der Waals surface area contributed by atoms with Gasteiger partial charge in [-0.05, 0) is 18.4 Å². The van der Waals surface area contributed by atoms with E-state index in [-0.39, 0.29) is 6.61 Å². The molecule has 126 valence electrons. The van der Waals surface area contributed by atoms with Crippen LogP contribution in [0.5, 0.6) is 0 Å². The topological polar surface area (TPSA) is 85.4 Å². The van der Waals surface area contributed by atoms with Crippen LogP contribution >= 0.6 is 0 Å². The summed E-state index contributed by atoms with van der Waals surface area (Å²) in [7, 11) is 0. The van der Waals surface area contributed by atoms with Gasteiger partial charge in [-0.25, -0.2) is 14.8 Å². The lowest BCUT2D eigenvalue weighted by Gasteiger charge is -2.23. The fraction of sp³-hybridized carbons (Fsp3) is 0.353. The molecule has 1 aliphatic rings. The number of nitrogens with one attached hydrogen (secondary N) is 2. The lowest BCUT2D eigenvalue weighted by molar-refractivity contribution is 0.0904. The molecule has 24 heavy (non-hydrogen) atoms. The van der Waals surface area contributed by atoms with E-state index in [9.17, 15) is 4.79 Å². The van der Waals surface area contributed by atoms with Gasteiger partial charge in [0, 0.05) is 19.3 Å². The normalized spacial score (nSPS) is 14.8. The minimum Gasteiger partial charge on any atom is -0.444 e. The molecule has 3 rings (SSSR count). The number of hydrogen-bond donors (Lipinski definition) is 2. The van der Waals surface area contributed by atoms with E-state index >= 15 is 0 Å². The van der Waals surface area contributed by atoms with E-state index in [1.807, 2.05) is 30.3 Å². The summed E-state index contributed by atoms with van der Waals surface area (Å²) in [5.41, 5.74) is 0.926. The van der Waals surface area contributed by atoms with Gasteiger partial charge in [0.05, 0.1) is 12.4 Å². The quantitative estimate of drug-likeness (QED) is 0.878. The summed E-state index contributed by atoms with van der Waals surface area (Å²) in [6, 6.07) is 9.84. The maximum absolute atomic E-state index is 11.8. The Morgan fingerprint density at radius 1 is 1.12 bits per heavy atom. The Bertz CT molecular complexity index is 643. The molecule has 0 spiro atoms. The molecule has 7 heteroatoms. The molecule has 0 atom stereocenters. The third-order valence-corrected chi connectivity index (χ3v) is 3.67. The van der Waals surface area contributed by atoms with Crippen molar-refractivity contribution in [3.8, 4) is 0 Å². The highest BCUT2D eigenvalue weighted by atomic mass is 16.5. The number of benzene rings is 1. The summed E-state index contributed by atoms with van der Waals surface area (Å²) in [5, 5.41) is 5.87. The zero-order chi connectivity index (χ0) is 16.6. The Kier molecular flexibility index (Phi) is 5.57. The Morgan fingerprint density at radius 3 is 2.54 bits per heavy atom. The molecule has 2 N–H and O–H groups in total. The molecule has 1 amide bonds. The van der Waals surface area contributed by atoms with Crippen LogP contribution in [0, 0.1) is 0 Å². The van der Waals surface area contributed by atoms with Crippen LogP contribution in [0.3, 0.4) is 0 Å². The molecule has 2 heterocycles. The molecule has 7 nitrogen and oxygen atoms in total. The van der Waals surface area contributed by atoms with E-state index in [2.05, 4.69) is 20.6 Å². The second-order valence-corrected chi connectivity index (χ2v) is 5.50. The number of rotatable bonds is 5. The third-order valence-electron chi connectivity index (χ3n) is 3.67. The predicted octanol–water partition coefficient (Wildman–Crippen LogP) is 2.82. The van der Waals surface area contributed by atoms with Gasteiger partial charge in [-0.2, -0.15) is 0 Å². The van der Waals surface area contributed by atoms with Gasteiger partial charge in [0.15, 0.2) is 5.82 Å². The van der Waals surface area contributed by atoms with Crippen molar-refractivity contribution < 1.29 is 14.3 Å². The van der Waals surface area contributed by atoms with Crippen molar-refractivity contribution in [2.24, 2.45) is 0 Å². The van der Waals surface area contributed by atoms with Gasteiger partial charge >= 0.3 is 6.09 Å². The number of hydrogen-bond acceptors (Lipinski definition) is 6. The smallest absolute Gasteiger partial charge is 0.413 e. The first-order chi connectivity index (χ1) is 11.8. The van der Waals surface area contributed by atoms with E-state index < -0.39 is 6.09 Å². The zero-order valence-electron chi connectivity index (χ0n) is 13.3. The van der Waals surface area contributed by atoms with Crippen LogP contribution in [-0.2, 0) is 16.1 Å². The Hall–Kier alpha value is -2.67. The average molecular weight is 328 g/mol. The molecule has 0 saturated carbocycles. The van der Waals surface area contributed by atoms with E-state index in [1.54, 1.807) is 6.20 Å². The maximum Gasteiger partial charge on any atom is 0.413 e. The van der Waals surface area contributed by atoms with Crippen molar-refractivity contribution in [1.82, 2.24) is 9.97 Å². The highest BCUT2D eigenvalue weighted by molar-refractivity contribution is 5.83. The predicted molar refractivity (Wildman–Crippen MR) is 89.7 cm³/mol. The van der Waals surface area contributed by atoms with Gasteiger partial charge in [-0.1, -0.05) is 30.3 Å². The molecule has 1 fully saturated rings. The second-order valence-electron chi connectivity index (χ2n) is 5.50. The van der Waals surface area contributed by atoms with Crippen molar-refractivity contribution in [3.05, 3.63) is 48.3 Å². The standard InChI is InChI=1S/C17H20N4O3/c22-17(24-12-13-4-2-1-3-5-13)21-16-11-18-15(10-19-16)20-14-6-8-23-9-7-14/h1-5,10-11,14H,6-9,12H2,(H,18,20)(H,19,21,22). The van der Waals surface area contributed by atoms with E-state index in [0.717, 1.165) is 31.6 Å². The fourth-order valence-corrected chi connectivity index (χ4v) is 2.38. The van der Waals surface area contributed by atoms with Crippen molar-refractivity contribution in [2.45, 2.75) is 25.5 Å². The molecular weight excluding hydrogens is 308 g/mol. The monoisotopic (exact) mass is 328 g/mol. The largest absolute Gasteiger partial charge is 0.444 e. The molecule has 0 unspecified atom stereocenters. The number of carbonyl (C=O) groups is 1.